The number of halogens is 1. The van der Waals surface area contributed by atoms with E-state index in [1.807, 2.05) is 34.1 Å². The molecule has 2 saturated heterocycles. The van der Waals surface area contributed by atoms with Gasteiger partial charge in [-0.3, -0.25) is 14.5 Å². The summed E-state index contributed by atoms with van der Waals surface area (Å²) in [4.78, 5) is 31.2. The maximum absolute atomic E-state index is 12.6. The lowest BCUT2D eigenvalue weighted by atomic mass is 10.0. The van der Waals surface area contributed by atoms with Crippen LogP contribution in [0.3, 0.4) is 0 Å². The summed E-state index contributed by atoms with van der Waals surface area (Å²) in [7, 11) is 0. The van der Waals surface area contributed by atoms with Crippen molar-refractivity contribution in [2.75, 3.05) is 39.3 Å². The number of amides is 2. The van der Waals surface area contributed by atoms with Gasteiger partial charge in [-0.05, 0) is 43.9 Å². The Labute approximate surface area is 164 Å². The molecule has 2 aliphatic rings. The molecule has 1 aromatic rings. The molecule has 2 fully saturated rings. The molecule has 6 heteroatoms. The minimum atomic E-state index is 0.169. The summed E-state index contributed by atoms with van der Waals surface area (Å²) >= 11 is 3.41. The van der Waals surface area contributed by atoms with Crippen molar-refractivity contribution in [2.45, 2.75) is 38.6 Å². The van der Waals surface area contributed by atoms with Crippen LogP contribution < -0.4 is 0 Å². The molecule has 2 aliphatic heterocycles. The fraction of sp³-hybridized carbons (Fsp3) is 0.600. The van der Waals surface area contributed by atoms with Crippen molar-refractivity contribution in [3.63, 3.8) is 0 Å². The van der Waals surface area contributed by atoms with Gasteiger partial charge in [0.1, 0.15) is 0 Å². The van der Waals surface area contributed by atoms with Gasteiger partial charge < -0.3 is 9.80 Å². The SMILES string of the molecule is CC1CCCCN1C(=O)CN1CCN(C(=O)Cc2ccc(Br)cc2)CC1. The second-order valence-electron chi connectivity index (χ2n) is 7.39. The van der Waals surface area contributed by atoms with E-state index < -0.39 is 0 Å². The van der Waals surface area contributed by atoms with Crippen LogP contribution in [0.15, 0.2) is 28.7 Å². The Kier molecular flexibility index (Phi) is 6.70. The van der Waals surface area contributed by atoms with Crippen LogP contribution in [0.1, 0.15) is 31.7 Å². The summed E-state index contributed by atoms with van der Waals surface area (Å²) in [5.74, 6) is 0.412. The highest BCUT2D eigenvalue weighted by molar-refractivity contribution is 9.10. The zero-order chi connectivity index (χ0) is 18.5. The second-order valence-corrected chi connectivity index (χ2v) is 8.31. The first-order chi connectivity index (χ1) is 12.5. The molecule has 0 spiro atoms. The van der Waals surface area contributed by atoms with Gasteiger partial charge >= 0.3 is 0 Å². The molecule has 3 rings (SSSR count). The maximum Gasteiger partial charge on any atom is 0.236 e. The van der Waals surface area contributed by atoms with E-state index in [2.05, 4.69) is 27.8 Å². The quantitative estimate of drug-likeness (QED) is 0.749. The van der Waals surface area contributed by atoms with Crippen LogP contribution in [0.4, 0.5) is 0 Å². The van der Waals surface area contributed by atoms with E-state index in [-0.39, 0.29) is 11.8 Å². The maximum atomic E-state index is 12.6. The van der Waals surface area contributed by atoms with Crippen LogP contribution in [-0.4, -0.2) is 71.8 Å². The molecule has 1 aromatic carbocycles. The highest BCUT2D eigenvalue weighted by Crippen LogP contribution is 2.17. The van der Waals surface area contributed by atoms with Gasteiger partial charge in [-0.2, -0.15) is 0 Å². The van der Waals surface area contributed by atoms with E-state index in [4.69, 9.17) is 0 Å². The molecule has 5 nitrogen and oxygen atoms in total. The molecule has 2 heterocycles. The summed E-state index contributed by atoms with van der Waals surface area (Å²) in [6, 6.07) is 8.26. The zero-order valence-corrected chi connectivity index (χ0v) is 17.1. The van der Waals surface area contributed by atoms with Gasteiger partial charge in [0.15, 0.2) is 0 Å². The van der Waals surface area contributed by atoms with Crippen molar-refractivity contribution < 1.29 is 9.59 Å². The van der Waals surface area contributed by atoms with Crippen molar-refractivity contribution in [1.29, 1.82) is 0 Å². The number of rotatable bonds is 4. The Hall–Kier alpha value is -1.40. The molecule has 0 N–H and O–H groups in total. The highest BCUT2D eigenvalue weighted by Gasteiger charge is 2.27. The van der Waals surface area contributed by atoms with Gasteiger partial charge in [0.25, 0.3) is 0 Å². The van der Waals surface area contributed by atoms with Gasteiger partial charge in [-0.25, -0.2) is 0 Å². The van der Waals surface area contributed by atoms with Crippen molar-refractivity contribution in [3.05, 3.63) is 34.3 Å². The van der Waals surface area contributed by atoms with Crippen LogP contribution in [0.5, 0.6) is 0 Å². The number of carbonyl (C=O) groups excluding carboxylic acids is 2. The monoisotopic (exact) mass is 421 g/mol. The Balaban J connectivity index is 1.44. The number of nitrogens with zero attached hydrogens (tertiary/aromatic N) is 3. The first-order valence-electron chi connectivity index (χ1n) is 9.57. The fourth-order valence-electron chi connectivity index (χ4n) is 3.79. The summed E-state index contributed by atoms with van der Waals surface area (Å²) in [6.07, 6.45) is 3.90. The number of benzene rings is 1. The summed E-state index contributed by atoms with van der Waals surface area (Å²) < 4.78 is 1.02. The van der Waals surface area contributed by atoms with Crippen LogP contribution in [0.25, 0.3) is 0 Å². The van der Waals surface area contributed by atoms with Crippen molar-refractivity contribution in [1.82, 2.24) is 14.7 Å². The molecule has 0 bridgehead atoms. The van der Waals surface area contributed by atoms with E-state index in [1.54, 1.807) is 0 Å². The summed E-state index contributed by atoms with van der Waals surface area (Å²) in [5.41, 5.74) is 1.04. The first-order valence-corrected chi connectivity index (χ1v) is 10.4. The molecular formula is C20H28BrN3O2. The van der Waals surface area contributed by atoms with Gasteiger partial charge in [-0.15, -0.1) is 0 Å². The van der Waals surface area contributed by atoms with Crippen LogP contribution in [0.2, 0.25) is 0 Å². The number of carbonyl (C=O) groups is 2. The number of likely N-dealkylation sites (tertiary alicyclic amines) is 1. The molecule has 1 unspecified atom stereocenters. The molecule has 26 heavy (non-hydrogen) atoms. The Bertz CT molecular complexity index is 626. The predicted molar refractivity (Wildman–Crippen MR) is 106 cm³/mol. The molecule has 2 amide bonds. The third-order valence-electron chi connectivity index (χ3n) is 5.48. The first kappa shape index (κ1) is 19.4. The average Bonchev–Trinajstić information content (AvgIpc) is 2.64. The number of piperazine rings is 1. The molecule has 1 atom stereocenters. The third-order valence-corrected chi connectivity index (χ3v) is 6.00. The smallest absolute Gasteiger partial charge is 0.236 e. The zero-order valence-electron chi connectivity index (χ0n) is 15.5. The van der Waals surface area contributed by atoms with Crippen molar-refractivity contribution in [2.24, 2.45) is 0 Å². The Morgan fingerprint density at radius 1 is 1.00 bits per heavy atom. The van der Waals surface area contributed by atoms with E-state index in [0.717, 1.165) is 42.5 Å². The topological polar surface area (TPSA) is 43.9 Å². The van der Waals surface area contributed by atoms with Gasteiger partial charge in [0, 0.05) is 43.2 Å². The normalized spacial score (nSPS) is 21.7. The Morgan fingerprint density at radius 3 is 2.35 bits per heavy atom. The van der Waals surface area contributed by atoms with Gasteiger partial charge in [0.2, 0.25) is 11.8 Å². The van der Waals surface area contributed by atoms with Gasteiger partial charge in [-0.1, -0.05) is 28.1 Å². The van der Waals surface area contributed by atoms with E-state index in [9.17, 15) is 9.59 Å². The lowest BCUT2D eigenvalue weighted by Gasteiger charge is -2.38. The molecule has 0 saturated carbocycles. The predicted octanol–water partition coefficient (Wildman–Crippen LogP) is 2.54. The largest absolute Gasteiger partial charge is 0.340 e. The van der Waals surface area contributed by atoms with Crippen LogP contribution >= 0.6 is 15.9 Å². The minimum absolute atomic E-state index is 0.169. The van der Waals surface area contributed by atoms with Crippen molar-refractivity contribution in [3.8, 4) is 0 Å². The average molecular weight is 422 g/mol. The second kappa shape index (κ2) is 9.00. The fourth-order valence-corrected chi connectivity index (χ4v) is 4.06. The summed E-state index contributed by atoms with van der Waals surface area (Å²) in [6.45, 7) is 6.50. The molecular weight excluding hydrogens is 394 g/mol. The van der Waals surface area contributed by atoms with Crippen molar-refractivity contribution >= 4 is 27.7 Å². The van der Waals surface area contributed by atoms with Gasteiger partial charge in [0.05, 0.1) is 13.0 Å². The number of piperidine rings is 1. The Morgan fingerprint density at radius 2 is 1.69 bits per heavy atom. The van der Waals surface area contributed by atoms with E-state index in [1.165, 1.54) is 6.42 Å². The standard InChI is InChI=1S/C20H28BrN3O2/c1-16-4-2-3-9-24(16)20(26)15-22-10-12-23(13-11-22)19(25)14-17-5-7-18(21)8-6-17/h5-8,16H,2-4,9-15H2,1H3. The molecule has 142 valence electrons. The number of hydrogen-bond acceptors (Lipinski definition) is 3. The van der Waals surface area contributed by atoms with E-state index >= 15 is 0 Å². The molecule has 0 radical (unpaired) electrons. The number of hydrogen-bond donors (Lipinski definition) is 0. The third kappa shape index (κ3) is 5.07. The molecule has 0 aromatic heterocycles. The highest BCUT2D eigenvalue weighted by atomic mass is 79.9. The van der Waals surface area contributed by atoms with E-state index in [0.29, 0.717) is 32.1 Å². The van der Waals surface area contributed by atoms with Crippen LogP contribution in [0, 0.1) is 0 Å². The van der Waals surface area contributed by atoms with Crippen LogP contribution in [-0.2, 0) is 16.0 Å². The lowest BCUT2D eigenvalue weighted by molar-refractivity contribution is -0.137. The minimum Gasteiger partial charge on any atom is -0.340 e. The summed E-state index contributed by atoms with van der Waals surface area (Å²) in [5, 5.41) is 0. The lowest BCUT2D eigenvalue weighted by Crippen LogP contribution is -2.53. The molecule has 0 aliphatic carbocycles.